The highest BCUT2D eigenvalue weighted by Crippen LogP contribution is 2.46. The second kappa shape index (κ2) is 3.30. The first-order valence-electron chi connectivity index (χ1n) is 4.92. The average molecular weight is 211 g/mol. The van der Waals surface area contributed by atoms with Crippen molar-refractivity contribution in [2.45, 2.75) is 18.9 Å². The Morgan fingerprint density at radius 1 is 1.40 bits per heavy atom. The number of likely N-dealkylation sites (tertiary alicyclic amines) is 1. The lowest BCUT2D eigenvalue weighted by molar-refractivity contribution is -0.141. The van der Waals surface area contributed by atoms with E-state index < -0.39 is 11.9 Å². The number of nitrogens with two attached hydrogens (primary N) is 2. The third-order valence-corrected chi connectivity index (χ3v) is 2.99. The van der Waals surface area contributed by atoms with Gasteiger partial charge in [-0.05, 0) is 12.8 Å². The van der Waals surface area contributed by atoms with Gasteiger partial charge in [0.2, 0.25) is 17.7 Å². The van der Waals surface area contributed by atoms with Gasteiger partial charge in [-0.3, -0.25) is 19.3 Å². The summed E-state index contributed by atoms with van der Waals surface area (Å²) in [5.41, 5.74) is 10.4. The normalized spacial score (nSPS) is 30.3. The number of fused-ring (bicyclic) bond motifs is 1. The van der Waals surface area contributed by atoms with Gasteiger partial charge < -0.3 is 11.5 Å². The SMILES string of the molecule is NC(=O)C(N)CCN1C(=O)C2CC2C1=O. The summed E-state index contributed by atoms with van der Waals surface area (Å²) in [6, 6.07) is -0.789. The van der Waals surface area contributed by atoms with Gasteiger partial charge in [-0.25, -0.2) is 0 Å². The molecule has 0 bridgehead atoms. The number of hydrogen-bond donors (Lipinski definition) is 2. The van der Waals surface area contributed by atoms with Crippen molar-refractivity contribution in [2.24, 2.45) is 23.3 Å². The molecule has 0 aromatic rings. The lowest BCUT2D eigenvalue weighted by Crippen LogP contribution is -2.41. The fourth-order valence-corrected chi connectivity index (χ4v) is 1.88. The second-order valence-electron chi connectivity index (χ2n) is 4.07. The summed E-state index contributed by atoms with van der Waals surface area (Å²) in [5.74, 6) is -1.05. The number of amides is 3. The highest BCUT2D eigenvalue weighted by Gasteiger charge is 2.58. The van der Waals surface area contributed by atoms with Crippen LogP contribution in [0.4, 0.5) is 0 Å². The van der Waals surface area contributed by atoms with E-state index in [0.29, 0.717) is 6.42 Å². The maximum Gasteiger partial charge on any atom is 0.234 e. The van der Waals surface area contributed by atoms with Crippen molar-refractivity contribution in [1.82, 2.24) is 4.90 Å². The molecule has 3 unspecified atom stereocenters. The van der Waals surface area contributed by atoms with Crippen LogP contribution in [0, 0.1) is 11.8 Å². The minimum atomic E-state index is -0.789. The van der Waals surface area contributed by atoms with Crippen LogP contribution in [0.2, 0.25) is 0 Å². The van der Waals surface area contributed by atoms with E-state index in [0.717, 1.165) is 0 Å². The fourth-order valence-electron chi connectivity index (χ4n) is 1.88. The molecule has 4 N–H and O–H groups in total. The van der Waals surface area contributed by atoms with E-state index >= 15 is 0 Å². The van der Waals surface area contributed by atoms with Gasteiger partial charge in [0.05, 0.1) is 17.9 Å². The third-order valence-electron chi connectivity index (χ3n) is 2.99. The Morgan fingerprint density at radius 3 is 2.40 bits per heavy atom. The molecule has 1 heterocycles. The summed E-state index contributed by atoms with van der Waals surface area (Å²) in [6.45, 7) is 0.203. The van der Waals surface area contributed by atoms with Crippen LogP contribution < -0.4 is 11.5 Å². The predicted octanol–water partition coefficient (Wildman–Crippen LogP) is -1.81. The van der Waals surface area contributed by atoms with Crippen molar-refractivity contribution < 1.29 is 14.4 Å². The molecule has 82 valence electrons. The Hall–Kier alpha value is -1.43. The van der Waals surface area contributed by atoms with Gasteiger partial charge in [-0.1, -0.05) is 0 Å². The van der Waals surface area contributed by atoms with Crippen LogP contribution in [0.15, 0.2) is 0 Å². The molecule has 3 amide bonds. The predicted molar refractivity (Wildman–Crippen MR) is 50.1 cm³/mol. The average Bonchev–Trinajstić information content (AvgIpc) is 2.91. The minimum absolute atomic E-state index is 0.0951. The molecule has 2 fully saturated rings. The summed E-state index contributed by atoms with van der Waals surface area (Å²) in [4.78, 5) is 34.8. The van der Waals surface area contributed by atoms with Crippen LogP contribution >= 0.6 is 0 Å². The van der Waals surface area contributed by atoms with Gasteiger partial charge in [0.1, 0.15) is 0 Å². The number of hydrogen-bond acceptors (Lipinski definition) is 4. The first-order valence-corrected chi connectivity index (χ1v) is 4.92. The van der Waals surface area contributed by atoms with Crippen LogP contribution in [0.1, 0.15) is 12.8 Å². The zero-order valence-corrected chi connectivity index (χ0v) is 8.18. The lowest BCUT2D eigenvalue weighted by atomic mass is 10.2. The molecule has 6 heteroatoms. The van der Waals surface area contributed by atoms with Crippen molar-refractivity contribution in [3.05, 3.63) is 0 Å². The highest BCUT2D eigenvalue weighted by molar-refractivity contribution is 6.08. The molecular weight excluding hydrogens is 198 g/mol. The maximum absolute atomic E-state index is 11.5. The smallest absolute Gasteiger partial charge is 0.234 e. The molecule has 1 aliphatic heterocycles. The molecule has 1 aliphatic carbocycles. The van der Waals surface area contributed by atoms with Crippen molar-refractivity contribution in [3.63, 3.8) is 0 Å². The maximum atomic E-state index is 11.5. The zero-order chi connectivity index (χ0) is 11.2. The molecule has 6 nitrogen and oxygen atoms in total. The molecular formula is C9H13N3O3. The summed E-state index contributed by atoms with van der Waals surface area (Å²) in [5, 5.41) is 0. The first kappa shape index (κ1) is 10.1. The van der Waals surface area contributed by atoms with E-state index in [1.807, 2.05) is 0 Å². The second-order valence-corrected chi connectivity index (χ2v) is 4.07. The Bertz CT molecular complexity index is 321. The van der Waals surface area contributed by atoms with Gasteiger partial charge in [0.15, 0.2) is 0 Å². The molecule has 0 radical (unpaired) electrons. The van der Waals surface area contributed by atoms with Gasteiger partial charge in [-0.15, -0.1) is 0 Å². The molecule has 0 aromatic heterocycles. The van der Waals surface area contributed by atoms with Crippen LogP contribution in [-0.2, 0) is 14.4 Å². The molecule has 3 atom stereocenters. The number of carbonyl (C=O) groups is 3. The van der Waals surface area contributed by atoms with Crippen molar-refractivity contribution >= 4 is 17.7 Å². The summed E-state index contributed by atoms with van der Waals surface area (Å²) < 4.78 is 0. The largest absolute Gasteiger partial charge is 0.368 e. The zero-order valence-electron chi connectivity index (χ0n) is 8.18. The molecule has 0 aromatic carbocycles. The van der Waals surface area contributed by atoms with E-state index in [1.165, 1.54) is 4.90 Å². The Kier molecular flexibility index (Phi) is 2.22. The van der Waals surface area contributed by atoms with E-state index in [2.05, 4.69) is 0 Å². The standard InChI is InChI=1S/C9H13N3O3/c10-6(7(11)13)1-2-12-8(14)4-3-5(4)9(12)15/h4-6H,1-3,10H2,(H2,11,13). The highest BCUT2D eigenvalue weighted by atomic mass is 16.2. The molecule has 1 saturated heterocycles. The number of rotatable bonds is 4. The van der Waals surface area contributed by atoms with Crippen LogP contribution in [0.25, 0.3) is 0 Å². The lowest BCUT2D eigenvalue weighted by Gasteiger charge is -2.17. The van der Waals surface area contributed by atoms with Gasteiger partial charge >= 0.3 is 0 Å². The summed E-state index contributed by atoms with van der Waals surface area (Å²) >= 11 is 0. The van der Waals surface area contributed by atoms with E-state index in [-0.39, 0.29) is 36.6 Å². The Balaban J connectivity index is 1.88. The summed E-state index contributed by atoms with van der Waals surface area (Å²) in [7, 11) is 0. The van der Waals surface area contributed by atoms with Gasteiger partial charge in [-0.2, -0.15) is 0 Å². The van der Waals surface area contributed by atoms with Crippen molar-refractivity contribution in [1.29, 1.82) is 0 Å². The van der Waals surface area contributed by atoms with E-state index in [4.69, 9.17) is 11.5 Å². The van der Waals surface area contributed by atoms with Crippen LogP contribution in [-0.4, -0.2) is 35.2 Å². The molecule has 1 saturated carbocycles. The number of piperidine rings is 1. The molecule has 2 aliphatic rings. The molecule has 2 rings (SSSR count). The number of nitrogens with zero attached hydrogens (tertiary/aromatic N) is 1. The van der Waals surface area contributed by atoms with Gasteiger partial charge in [0.25, 0.3) is 0 Å². The summed E-state index contributed by atoms with van der Waals surface area (Å²) in [6.07, 6.45) is 0.933. The quantitative estimate of drug-likeness (QED) is 0.534. The molecule has 15 heavy (non-hydrogen) atoms. The Labute approximate surface area is 86.6 Å². The fraction of sp³-hybridized carbons (Fsp3) is 0.667. The van der Waals surface area contributed by atoms with Crippen LogP contribution in [0.3, 0.4) is 0 Å². The number of imide groups is 1. The topological polar surface area (TPSA) is 106 Å². The number of carbonyl (C=O) groups excluding carboxylic acids is 3. The van der Waals surface area contributed by atoms with Crippen molar-refractivity contribution in [3.8, 4) is 0 Å². The van der Waals surface area contributed by atoms with E-state index in [1.54, 1.807) is 0 Å². The molecule has 0 spiro atoms. The Morgan fingerprint density at radius 2 is 1.93 bits per heavy atom. The van der Waals surface area contributed by atoms with Crippen LogP contribution in [0.5, 0.6) is 0 Å². The minimum Gasteiger partial charge on any atom is -0.368 e. The monoisotopic (exact) mass is 211 g/mol. The van der Waals surface area contributed by atoms with Crippen molar-refractivity contribution in [2.75, 3.05) is 6.54 Å². The van der Waals surface area contributed by atoms with E-state index in [9.17, 15) is 14.4 Å². The van der Waals surface area contributed by atoms with Gasteiger partial charge in [0, 0.05) is 6.54 Å². The first-order chi connectivity index (χ1) is 7.02. The number of primary amides is 1. The third kappa shape index (κ3) is 1.61.